The van der Waals surface area contributed by atoms with Crippen LogP contribution in [0.1, 0.15) is 17.5 Å². The van der Waals surface area contributed by atoms with Crippen molar-refractivity contribution in [1.29, 1.82) is 0 Å². The number of nitrogens with zero attached hydrogens (tertiary/aromatic N) is 5. The fourth-order valence-electron chi connectivity index (χ4n) is 3.83. The molecule has 1 saturated heterocycles. The lowest BCUT2D eigenvalue weighted by atomic mass is 10.1. The van der Waals surface area contributed by atoms with Crippen LogP contribution in [0.3, 0.4) is 0 Å². The molecule has 1 aromatic carbocycles. The Hall–Kier alpha value is -3.68. The first-order chi connectivity index (χ1) is 15.7. The highest BCUT2D eigenvalue weighted by atomic mass is 16.2. The van der Waals surface area contributed by atoms with E-state index in [1.54, 1.807) is 19.6 Å². The number of amides is 1. The van der Waals surface area contributed by atoms with Crippen LogP contribution in [0.4, 0.5) is 0 Å². The molecular weight excluding hydrogens is 402 g/mol. The van der Waals surface area contributed by atoms with Gasteiger partial charge in [-0.2, -0.15) is 0 Å². The summed E-state index contributed by atoms with van der Waals surface area (Å²) in [6, 6.07) is 14.3. The molecule has 2 N–H and O–H groups in total. The molecule has 3 aromatic rings. The van der Waals surface area contributed by atoms with E-state index >= 15 is 0 Å². The first kappa shape index (κ1) is 21.5. The van der Waals surface area contributed by atoms with E-state index < -0.39 is 0 Å². The number of aliphatic imine (C=N–C) groups is 1. The van der Waals surface area contributed by atoms with E-state index in [4.69, 9.17) is 0 Å². The van der Waals surface area contributed by atoms with E-state index in [0.29, 0.717) is 19.5 Å². The zero-order chi connectivity index (χ0) is 22.2. The Morgan fingerprint density at radius 1 is 1.16 bits per heavy atom. The third-order valence-electron chi connectivity index (χ3n) is 5.63. The Bertz CT molecular complexity index is 1020. The van der Waals surface area contributed by atoms with Crippen molar-refractivity contribution >= 4 is 11.9 Å². The van der Waals surface area contributed by atoms with Gasteiger partial charge in [-0.15, -0.1) is 0 Å². The number of hydrogen-bond donors (Lipinski definition) is 2. The second kappa shape index (κ2) is 10.6. The molecule has 1 fully saturated rings. The monoisotopic (exact) mass is 431 g/mol. The molecule has 3 heterocycles. The van der Waals surface area contributed by atoms with Crippen LogP contribution in [0, 0.1) is 5.92 Å². The van der Waals surface area contributed by atoms with Gasteiger partial charge in [0.25, 0.3) is 0 Å². The van der Waals surface area contributed by atoms with E-state index in [0.717, 1.165) is 36.9 Å². The molecular formula is C24H29N7O. The number of aromatic nitrogens is 3. The Kier molecular flexibility index (Phi) is 7.12. The van der Waals surface area contributed by atoms with E-state index in [-0.39, 0.29) is 11.8 Å². The van der Waals surface area contributed by atoms with Gasteiger partial charge in [-0.05, 0) is 23.6 Å². The average molecular weight is 432 g/mol. The maximum atomic E-state index is 12.4. The highest BCUT2D eigenvalue weighted by Crippen LogP contribution is 2.17. The maximum Gasteiger partial charge on any atom is 0.223 e. The molecule has 1 aliphatic rings. The largest absolute Gasteiger partial charge is 0.356 e. The molecule has 1 amide bonds. The topological polar surface area (TPSA) is 87.4 Å². The zero-order valence-corrected chi connectivity index (χ0v) is 18.3. The van der Waals surface area contributed by atoms with Crippen LogP contribution in [-0.2, 0) is 17.8 Å². The number of nitrogens with one attached hydrogen (secondary N) is 2. The van der Waals surface area contributed by atoms with Gasteiger partial charge in [-0.25, -0.2) is 9.97 Å². The van der Waals surface area contributed by atoms with Crippen molar-refractivity contribution in [3.05, 3.63) is 78.5 Å². The zero-order valence-electron chi connectivity index (χ0n) is 18.3. The summed E-state index contributed by atoms with van der Waals surface area (Å²) in [6.45, 7) is 2.89. The van der Waals surface area contributed by atoms with Gasteiger partial charge < -0.3 is 15.5 Å². The quantitative estimate of drug-likeness (QED) is 0.421. The number of hydrogen-bond acceptors (Lipinski definition) is 4. The number of guanidine groups is 1. The number of carbonyl (C=O) groups excluding carboxylic acids is 1. The predicted octanol–water partition coefficient (Wildman–Crippen LogP) is 2.02. The summed E-state index contributed by atoms with van der Waals surface area (Å²) in [5, 5.41) is 6.67. The molecule has 1 unspecified atom stereocenters. The minimum Gasteiger partial charge on any atom is -0.356 e. The van der Waals surface area contributed by atoms with Crippen molar-refractivity contribution in [2.75, 3.05) is 26.7 Å². The number of rotatable bonds is 8. The van der Waals surface area contributed by atoms with Gasteiger partial charge >= 0.3 is 0 Å². The second-order valence-electron chi connectivity index (χ2n) is 7.95. The van der Waals surface area contributed by atoms with Crippen molar-refractivity contribution in [2.24, 2.45) is 10.9 Å². The highest BCUT2D eigenvalue weighted by Gasteiger charge is 2.29. The third-order valence-corrected chi connectivity index (χ3v) is 5.63. The van der Waals surface area contributed by atoms with Gasteiger partial charge in [-0.1, -0.05) is 36.4 Å². The van der Waals surface area contributed by atoms with Crippen LogP contribution in [0.5, 0.6) is 0 Å². The minimum absolute atomic E-state index is 0.236. The van der Waals surface area contributed by atoms with Crippen LogP contribution in [0.25, 0.3) is 5.82 Å². The van der Waals surface area contributed by atoms with Crippen molar-refractivity contribution in [1.82, 2.24) is 30.1 Å². The molecule has 1 atom stereocenters. The second-order valence-corrected chi connectivity index (χ2v) is 7.95. The first-order valence-electron chi connectivity index (χ1n) is 10.9. The van der Waals surface area contributed by atoms with E-state index in [9.17, 15) is 4.79 Å². The molecule has 0 radical (unpaired) electrons. The molecule has 4 rings (SSSR count). The Balaban J connectivity index is 1.20. The lowest BCUT2D eigenvalue weighted by Crippen LogP contribution is -2.40. The molecule has 0 aliphatic carbocycles. The summed E-state index contributed by atoms with van der Waals surface area (Å²) in [5.41, 5.74) is 2.32. The lowest BCUT2D eigenvalue weighted by molar-refractivity contribution is -0.127. The van der Waals surface area contributed by atoms with Crippen LogP contribution in [0.2, 0.25) is 0 Å². The van der Waals surface area contributed by atoms with Crippen LogP contribution in [0.15, 0.2) is 72.4 Å². The molecule has 0 bridgehead atoms. The SMILES string of the molecule is CN=C(NCc1ccc(-n2ccnc2)nc1)NCC1CC(=O)N(CCc2ccccc2)C1. The number of likely N-dealkylation sites (tertiary alicyclic amines) is 1. The van der Waals surface area contributed by atoms with Gasteiger partial charge in [-0.3, -0.25) is 14.4 Å². The predicted molar refractivity (Wildman–Crippen MR) is 124 cm³/mol. The van der Waals surface area contributed by atoms with E-state index in [1.165, 1.54) is 5.56 Å². The molecule has 0 spiro atoms. The average Bonchev–Trinajstić information content (AvgIpc) is 3.49. The van der Waals surface area contributed by atoms with Crippen LogP contribution in [-0.4, -0.2) is 58.0 Å². The standard InChI is InChI=1S/C24H29N7O/c1-25-24(28-15-20-7-8-22(27-14-20)31-12-10-26-18-31)29-16-21-13-23(32)30(17-21)11-9-19-5-3-2-4-6-19/h2-8,10,12,14,18,21H,9,11,13,15-17H2,1H3,(H2,25,28,29). The number of pyridine rings is 1. The maximum absolute atomic E-state index is 12.4. The smallest absolute Gasteiger partial charge is 0.223 e. The van der Waals surface area contributed by atoms with Crippen LogP contribution < -0.4 is 10.6 Å². The molecule has 166 valence electrons. The molecule has 32 heavy (non-hydrogen) atoms. The van der Waals surface area contributed by atoms with E-state index in [1.807, 2.05) is 52.2 Å². The van der Waals surface area contributed by atoms with Crippen molar-refractivity contribution in [3.63, 3.8) is 0 Å². The third kappa shape index (κ3) is 5.72. The van der Waals surface area contributed by atoms with Gasteiger partial charge in [0, 0.05) is 64.2 Å². The van der Waals surface area contributed by atoms with Crippen molar-refractivity contribution < 1.29 is 4.79 Å². The molecule has 8 nitrogen and oxygen atoms in total. The van der Waals surface area contributed by atoms with Gasteiger partial charge in [0.1, 0.15) is 12.1 Å². The summed E-state index contributed by atoms with van der Waals surface area (Å²) < 4.78 is 1.86. The molecule has 2 aromatic heterocycles. The number of benzene rings is 1. The van der Waals surface area contributed by atoms with Gasteiger partial charge in [0.05, 0.1) is 0 Å². The summed E-state index contributed by atoms with van der Waals surface area (Å²) >= 11 is 0. The summed E-state index contributed by atoms with van der Waals surface area (Å²) in [6.07, 6.45) is 8.64. The van der Waals surface area contributed by atoms with Crippen LogP contribution >= 0.6 is 0 Å². The van der Waals surface area contributed by atoms with Crippen molar-refractivity contribution in [3.8, 4) is 5.82 Å². The fourth-order valence-corrected chi connectivity index (χ4v) is 3.83. The summed E-state index contributed by atoms with van der Waals surface area (Å²) in [4.78, 5) is 27.2. The normalized spacial score (nSPS) is 16.4. The number of imidazole rings is 1. The molecule has 1 aliphatic heterocycles. The van der Waals surface area contributed by atoms with Gasteiger partial charge in [0.2, 0.25) is 5.91 Å². The van der Waals surface area contributed by atoms with Crippen molar-refractivity contribution in [2.45, 2.75) is 19.4 Å². The summed E-state index contributed by atoms with van der Waals surface area (Å²) in [5.74, 6) is 2.07. The highest BCUT2D eigenvalue weighted by molar-refractivity contribution is 5.80. The lowest BCUT2D eigenvalue weighted by Gasteiger charge is -2.18. The first-order valence-corrected chi connectivity index (χ1v) is 10.9. The molecule has 0 saturated carbocycles. The molecule has 8 heteroatoms. The van der Waals surface area contributed by atoms with E-state index in [2.05, 4.69) is 37.7 Å². The Morgan fingerprint density at radius 2 is 2.03 bits per heavy atom. The summed E-state index contributed by atoms with van der Waals surface area (Å²) in [7, 11) is 1.75. The Labute approximate surface area is 188 Å². The minimum atomic E-state index is 0.236. The van der Waals surface area contributed by atoms with Gasteiger partial charge in [0.15, 0.2) is 5.96 Å². The fraction of sp³-hybridized carbons (Fsp3) is 0.333. The number of carbonyl (C=O) groups is 1. The Morgan fingerprint density at radius 3 is 2.75 bits per heavy atom.